The van der Waals surface area contributed by atoms with Crippen molar-refractivity contribution >= 4 is 5.69 Å². The van der Waals surface area contributed by atoms with Gasteiger partial charge in [0.05, 0.1) is 11.4 Å². The van der Waals surface area contributed by atoms with Gasteiger partial charge in [-0.15, -0.1) is 0 Å². The van der Waals surface area contributed by atoms with E-state index in [-0.39, 0.29) is 0 Å². The zero-order chi connectivity index (χ0) is 11.4. The van der Waals surface area contributed by atoms with E-state index in [1.165, 1.54) is 5.56 Å². The summed E-state index contributed by atoms with van der Waals surface area (Å²) in [6.45, 7) is 4.88. The maximum Gasteiger partial charge on any atom is 0.0606 e. The number of nitrogens with one attached hydrogen (secondary N) is 1. The lowest BCUT2D eigenvalue weighted by Gasteiger charge is -2.09. The summed E-state index contributed by atoms with van der Waals surface area (Å²) < 4.78 is 0. The first-order chi connectivity index (χ1) is 7.75. The summed E-state index contributed by atoms with van der Waals surface area (Å²) in [4.78, 5) is 4.42. The summed E-state index contributed by atoms with van der Waals surface area (Å²) in [6, 6.07) is 14.5. The third-order valence-corrected chi connectivity index (χ3v) is 2.55. The van der Waals surface area contributed by atoms with Crippen LogP contribution in [0.25, 0.3) is 0 Å². The van der Waals surface area contributed by atoms with Crippen LogP contribution in [-0.4, -0.2) is 4.98 Å². The van der Waals surface area contributed by atoms with Crippen LogP contribution in [0.15, 0.2) is 42.5 Å². The van der Waals surface area contributed by atoms with Gasteiger partial charge in [-0.3, -0.25) is 4.98 Å². The first-order valence-corrected chi connectivity index (χ1v) is 5.48. The summed E-state index contributed by atoms with van der Waals surface area (Å²) in [5, 5.41) is 3.39. The summed E-state index contributed by atoms with van der Waals surface area (Å²) in [5.41, 5.74) is 4.50. The molecule has 0 fully saturated rings. The molecule has 0 aliphatic carbocycles. The Kier molecular flexibility index (Phi) is 3.20. The molecule has 1 aromatic heterocycles. The molecule has 0 saturated heterocycles. The standard InChI is InChI=1S/C14H16N2/c1-11-8-9-14(12(2)16-11)15-10-13-6-4-3-5-7-13/h3-9,15H,10H2,1-2H3. The van der Waals surface area contributed by atoms with Crippen molar-refractivity contribution in [1.82, 2.24) is 4.98 Å². The second-order valence-electron chi connectivity index (χ2n) is 3.92. The fourth-order valence-electron chi connectivity index (χ4n) is 1.67. The molecule has 0 spiro atoms. The van der Waals surface area contributed by atoms with Gasteiger partial charge in [-0.25, -0.2) is 0 Å². The zero-order valence-electron chi connectivity index (χ0n) is 9.70. The van der Waals surface area contributed by atoms with Crippen LogP contribution in [0.5, 0.6) is 0 Å². The third-order valence-electron chi connectivity index (χ3n) is 2.55. The average Bonchev–Trinajstić information content (AvgIpc) is 2.29. The van der Waals surface area contributed by atoms with E-state index in [4.69, 9.17) is 0 Å². The minimum Gasteiger partial charge on any atom is -0.380 e. The molecule has 2 rings (SSSR count). The minimum absolute atomic E-state index is 0.840. The molecule has 0 saturated carbocycles. The van der Waals surface area contributed by atoms with Crippen LogP contribution in [0, 0.1) is 13.8 Å². The Morgan fingerprint density at radius 3 is 2.44 bits per heavy atom. The van der Waals surface area contributed by atoms with Gasteiger partial charge < -0.3 is 5.32 Å². The molecule has 2 heteroatoms. The number of hydrogen-bond acceptors (Lipinski definition) is 2. The largest absolute Gasteiger partial charge is 0.380 e. The number of nitrogens with zero attached hydrogens (tertiary/aromatic N) is 1. The van der Waals surface area contributed by atoms with E-state index in [1.807, 2.05) is 26.0 Å². The molecule has 0 atom stereocenters. The Bertz CT molecular complexity index is 463. The number of aryl methyl sites for hydroxylation is 2. The summed E-state index contributed by atoms with van der Waals surface area (Å²) in [7, 11) is 0. The lowest BCUT2D eigenvalue weighted by Crippen LogP contribution is -2.02. The van der Waals surface area contributed by atoms with Gasteiger partial charge in [0, 0.05) is 12.2 Å². The Morgan fingerprint density at radius 1 is 1.00 bits per heavy atom. The van der Waals surface area contributed by atoms with Crippen LogP contribution < -0.4 is 5.32 Å². The maximum atomic E-state index is 4.42. The molecule has 1 N–H and O–H groups in total. The van der Waals surface area contributed by atoms with Gasteiger partial charge >= 0.3 is 0 Å². The molecule has 0 aliphatic rings. The van der Waals surface area contributed by atoms with Crippen molar-refractivity contribution in [2.24, 2.45) is 0 Å². The normalized spacial score (nSPS) is 10.1. The number of anilines is 1. The molecule has 82 valence electrons. The Morgan fingerprint density at radius 2 is 1.75 bits per heavy atom. The van der Waals surface area contributed by atoms with E-state index >= 15 is 0 Å². The number of benzene rings is 1. The monoisotopic (exact) mass is 212 g/mol. The molecular weight excluding hydrogens is 196 g/mol. The van der Waals surface area contributed by atoms with Crippen molar-refractivity contribution in [1.29, 1.82) is 0 Å². The molecule has 1 heterocycles. The zero-order valence-corrected chi connectivity index (χ0v) is 9.70. The molecule has 16 heavy (non-hydrogen) atoms. The van der Waals surface area contributed by atoms with E-state index in [0.29, 0.717) is 0 Å². The first kappa shape index (κ1) is 10.7. The summed E-state index contributed by atoms with van der Waals surface area (Å²) in [6.07, 6.45) is 0. The summed E-state index contributed by atoms with van der Waals surface area (Å²) >= 11 is 0. The lowest BCUT2D eigenvalue weighted by atomic mass is 10.2. The molecule has 2 aromatic rings. The van der Waals surface area contributed by atoms with Gasteiger partial charge in [-0.2, -0.15) is 0 Å². The second-order valence-corrected chi connectivity index (χ2v) is 3.92. The van der Waals surface area contributed by atoms with Crippen LogP contribution in [0.1, 0.15) is 17.0 Å². The molecule has 0 amide bonds. The molecular formula is C14H16N2. The molecule has 0 unspecified atom stereocenters. The van der Waals surface area contributed by atoms with Crippen molar-refractivity contribution in [3.05, 3.63) is 59.4 Å². The molecule has 1 aromatic carbocycles. The highest BCUT2D eigenvalue weighted by Crippen LogP contribution is 2.13. The molecule has 0 bridgehead atoms. The minimum atomic E-state index is 0.840. The quantitative estimate of drug-likeness (QED) is 0.844. The van der Waals surface area contributed by atoms with Crippen LogP contribution in [0.2, 0.25) is 0 Å². The van der Waals surface area contributed by atoms with Crippen molar-refractivity contribution < 1.29 is 0 Å². The van der Waals surface area contributed by atoms with Crippen molar-refractivity contribution in [3.8, 4) is 0 Å². The first-order valence-electron chi connectivity index (χ1n) is 5.48. The molecule has 0 aliphatic heterocycles. The fraction of sp³-hybridized carbons (Fsp3) is 0.214. The topological polar surface area (TPSA) is 24.9 Å². The fourth-order valence-corrected chi connectivity index (χ4v) is 1.67. The van der Waals surface area contributed by atoms with Gasteiger partial charge in [-0.1, -0.05) is 30.3 Å². The highest BCUT2D eigenvalue weighted by atomic mass is 14.9. The highest BCUT2D eigenvalue weighted by molar-refractivity contribution is 5.48. The van der Waals surface area contributed by atoms with Crippen LogP contribution in [0.3, 0.4) is 0 Å². The van der Waals surface area contributed by atoms with Crippen LogP contribution in [-0.2, 0) is 6.54 Å². The van der Waals surface area contributed by atoms with Crippen molar-refractivity contribution in [2.75, 3.05) is 5.32 Å². The smallest absolute Gasteiger partial charge is 0.0606 e. The maximum absolute atomic E-state index is 4.42. The second kappa shape index (κ2) is 4.79. The third kappa shape index (κ3) is 2.60. The van der Waals surface area contributed by atoms with E-state index in [9.17, 15) is 0 Å². The van der Waals surface area contributed by atoms with E-state index in [2.05, 4.69) is 40.6 Å². The lowest BCUT2D eigenvalue weighted by molar-refractivity contribution is 1.08. The van der Waals surface area contributed by atoms with Gasteiger partial charge in [0.2, 0.25) is 0 Å². The highest BCUT2D eigenvalue weighted by Gasteiger charge is 1.99. The van der Waals surface area contributed by atoms with Gasteiger partial charge in [-0.05, 0) is 31.5 Å². The number of rotatable bonds is 3. The van der Waals surface area contributed by atoms with Crippen LogP contribution >= 0.6 is 0 Å². The predicted octanol–water partition coefficient (Wildman–Crippen LogP) is 3.31. The Hall–Kier alpha value is -1.83. The van der Waals surface area contributed by atoms with E-state index < -0.39 is 0 Å². The van der Waals surface area contributed by atoms with Gasteiger partial charge in [0.1, 0.15) is 0 Å². The van der Waals surface area contributed by atoms with E-state index in [1.54, 1.807) is 0 Å². The predicted molar refractivity (Wildman–Crippen MR) is 67.5 cm³/mol. The van der Waals surface area contributed by atoms with Crippen molar-refractivity contribution in [3.63, 3.8) is 0 Å². The summed E-state index contributed by atoms with van der Waals surface area (Å²) in [5.74, 6) is 0. The average molecular weight is 212 g/mol. The van der Waals surface area contributed by atoms with Gasteiger partial charge in [0.25, 0.3) is 0 Å². The number of hydrogen-bond donors (Lipinski definition) is 1. The molecule has 2 nitrogen and oxygen atoms in total. The van der Waals surface area contributed by atoms with Gasteiger partial charge in [0.15, 0.2) is 0 Å². The molecule has 0 radical (unpaired) electrons. The Balaban J connectivity index is 2.05. The van der Waals surface area contributed by atoms with Crippen molar-refractivity contribution in [2.45, 2.75) is 20.4 Å². The van der Waals surface area contributed by atoms with E-state index in [0.717, 1.165) is 23.6 Å². The van der Waals surface area contributed by atoms with Crippen LogP contribution in [0.4, 0.5) is 5.69 Å². The Labute approximate surface area is 96.4 Å². The number of pyridine rings is 1. The SMILES string of the molecule is Cc1ccc(NCc2ccccc2)c(C)n1. The number of aromatic nitrogens is 1.